The van der Waals surface area contributed by atoms with E-state index in [2.05, 4.69) is 65.1 Å². The van der Waals surface area contributed by atoms with E-state index in [1.807, 2.05) is 0 Å². The van der Waals surface area contributed by atoms with Crippen LogP contribution in [0.2, 0.25) is 0 Å². The van der Waals surface area contributed by atoms with Crippen LogP contribution in [-0.2, 0) is 19.5 Å². The number of aromatic nitrogens is 2. The van der Waals surface area contributed by atoms with Gasteiger partial charge in [0, 0.05) is 31.7 Å². The summed E-state index contributed by atoms with van der Waals surface area (Å²) < 4.78 is 5.36. The Labute approximate surface area is 151 Å². The molecule has 0 unspecified atom stereocenters. The Morgan fingerprint density at radius 1 is 1.08 bits per heavy atom. The van der Waals surface area contributed by atoms with Crippen molar-refractivity contribution in [3.63, 3.8) is 0 Å². The second-order valence-corrected chi connectivity index (χ2v) is 7.59. The number of nitrogens with zero attached hydrogens (tertiary/aromatic N) is 4. The summed E-state index contributed by atoms with van der Waals surface area (Å²) in [5.41, 5.74) is 2.66. The summed E-state index contributed by atoms with van der Waals surface area (Å²) in [6.07, 6.45) is 4.86. The zero-order valence-electron chi connectivity index (χ0n) is 15.7. The van der Waals surface area contributed by atoms with Gasteiger partial charge in [0.05, 0.1) is 6.54 Å². The second-order valence-electron chi connectivity index (χ2n) is 7.59. The quantitative estimate of drug-likeness (QED) is 0.764. The molecule has 136 valence electrons. The van der Waals surface area contributed by atoms with E-state index in [0.29, 0.717) is 18.4 Å². The fourth-order valence-electron chi connectivity index (χ4n) is 3.37. The van der Waals surface area contributed by atoms with Crippen molar-refractivity contribution in [3.8, 4) is 0 Å². The van der Waals surface area contributed by atoms with Crippen molar-refractivity contribution in [3.05, 3.63) is 41.5 Å². The first-order valence-corrected chi connectivity index (χ1v) is 9.44. The van der Waals surface area contributed by atoms with Crippen LogP contribution in [0.3, 0.4) is 0 Å². The molecule has 0 bridgehead atoms. The van der Waals surface area contributed by atoms with Gasteiger partial charge in [0.15, 0.2) is 5.82 Å². The molecule has 1 aromatic carbocycles. The first-order chi connectivity index (χ1) is 12.1. The maximum absolute atomic E-state index is 5.36. The largest absolute Gasteiger partial charge is 0.372 e. The smallest absolute Gasteiger partial charge is 0.240 e. The lowest BCUT2D eigenvalue weighted by Gasteiger charge is -2.29. The van der Waals surface area contributed by atoms with Crippen molar-refractivity contribution >= 4 is 5.69 Å². The third kappa shape index (κ3) is 5.30. The molecular formula is C20H30N4O. The summed E-state index contributed by atoms with van der Waals surface area (Å²) in [5.74, 6) is 2.05. The SMILES string of the molecule is CC(C)Cc1noc(CN(C)Cc2ccc(N3CCCCC3)cc2)n1. The highest BCUT2D eigenvalue weighted by Crippen LogP contribution is 2.20. The minimum Gasteiger partial charge on any atom is -0.372 e. The molecule has 0 spiro atoms. The van der Waals surface area contributed by atoms with Crippen LogP contribution >= 0.6 is 0 Å². The Morgan fingerprint density at radius 3 is 2.48 bits per heavy atom. The number of anilines is 1. The fourth-order valence-corrected chi connectivity index (χ4v) is 3.37. The lowest BCUT2D eigenvalue weighted by Crippen LogP contribution is -2.29. The molecule has 5 heteroatoms. The van der Waals surface area contributed by atoms with Gasteiger partial charge in [-0.1, -0.05) is 31.1 Å². The molecule has 1 aliphatic rings. The molecule has 0 saturated carbocycles. The lowest BCUT2D eigenvalue weighted by atomic mass is 10.1. The van der Waals surface area contributed by atoms with E-state index in [9.17, 15) is 0 Å². The Kier molecular flexibility index (Phi) is 6.08. The van der Waals surface area contributed by atoms with Crippen LogP contribution in [0.5, 0.6) is 0 Å². The molecule has 25 heavy (non-hydrogen) atoms. The van der Waals surface area contributed by atoms with E-state index < -0.39 is 0 Å². The van der Waals surface area contributed by atoms with Gasteiger partial charge in [-0.15, -0.1) is 0 Å². The van der Waals surface area contributed by atoms with E-state index >= 15 is 0 Å². The van der Waals surface area contributed by atoms with Crippen LogP contribution in [0, 0.1) is 5.92 Å². The minimum atomic E-state index is 0.543. The van der Waals surface area contributed by atoms with Crippen LogP contribution in [0.4, 0.5) is 5.69 Å². The molecule has 0 atom stereocenters. The Bertz CT molecular complexity index is 644. The average molecular weight is 342 g/mol. The number of benzene rings is 1. The van der Waals surface area contributed by atoms with Crippen LogP contribution in [-0.4, -0.2) is 35.2 Å². The van der Waals surface area contributed by atoms with Crippen molar-refractivity contribution in [1.82, 2.24) is 15.0 Å². The number of hydrogen-bond donors (Lipinski definition) is 0. The summed E-state index contributed by atoms with van der Waals surface area (Å²) in [6.45, 7) is 8.26. The van der Waals surface area contributed by atoms with E-state index in [1.165, 1.54) is 43.6 Å². The number of rotatable bonds is 7. The summed E-state index contributed by atoms with van der Waals surface area (Å²) in [4.78, 5) is 9.18. The molecule has 0 N–H and O–H groups in total. The Balaban J connectivity index is 1.52. The van der Waals surface area contributed by atoms with Crippen molar-refractivity contribution < 1.29 is 4.52 Å². The molecule has 1 saturated heterocycles. The third-order valence-electron chi connectivity index (χ3n) is 4.62. The van der Waals surface area contributed by atoms with E-state index in [0.717, 1.165) is 18.8 Å². The highest BCUT2D eigenvalue weighted by atomic mass is 16.5. The Hall–Kier alpha value is -1.88. The second kappa shape index (κ2) is 8.48. The third-order valence-corrected chi connectivity index (χ3v) is 4.62. The van der Waals surface area contributed by atoms with E-state index in [1.54, 1.807) is 0 Å². The van der Waals surface area contributed by atoms with Crippen molar-refractivity contribution in [2.24, 2.45) is 5.92 Å². The van der Waals surface area contributed by atoms with Crippen LogP contribution in [0.25, 0.3) is 0 Å². The molecular weight excluding hydrogens is 312 g/mol. The zero-order chi connectivity index (χ0) is 17.6. The standard InChI is InChI=1S/C20H30N4O/c1-16(2)13-19-21-20(25-22-19)15-23(3)14-17-7-9-18(10-8-17)24-11-5-4-6-12-24/h7-10,16H,4-6,11-15H2,1-3H3. The molecule has 3 rings (SSSR count). The van der Waals surface area contributed by atoms with Crippen molar-refractivity contribution in [2.75, 3.05) is 25.0 Å². The molecule has 0 radical (unpaired) electrons. The summed E-state index contributed by atoms with van der Waals surface area (Å²) >= 11 is 0. The normalized spacial score (nSPS) is 15.3. The van der Waals surface area contributed by atoms with Crippen LogP contribution in [0.1, 0.15) is 50.4 Å². The predicted molar refractivity (Wildman–Crippen MR) is 101 cm³/mol. The number of hydrogen-bond acceptors (Lipinski definition) is 5. The van der Waals surface area contributed by atoms with Gasteiger partial charge in [0.25, 0.3) is 0 Å². The fraction of sp³-hybridized carbons (Fsp3) is 0.600. The topological polar surface area (TPSA) is 45.4 Å². The van der Waals surface area contributed by atoms with Crippen LogP contribution < -0.4 is 4.90 Å². The van der Waals surface area contributed by atoms with Crippen LogP contribution in [0.15, 0.2) is 28.8 Å². The molecule has 0 amide bonds. The molecule has 2 heterocycles. The molecule has 0 aliphatic carbocycles. The van der Waals surface area contributed by atoms with Gasteiger partial charge in [0.2, 0.25) is 5.89 Å². The lowest BCUT2D eigenvalue weighted by molar-refractivity contribution is 0.260. The highest BCUT2D eigenvalue weighted by Gasteiger charge is 2.12. The predicted octanol–water partition coefficient (Wildman–Crippen LogP) is 3.89. The molecule has 1 aromatic heterocycles. The maximum atomic E-state index is 5.36. The van der Waals surface area contributed by atoms with Gasteiger partial charge in [-0.2, -0.15) is 4.98 Å². The van der Waals surface area contributed by atoms with E-state index in [4.69, 9.17) is 4.52 Å². The first-order valence-electron chi connectivity index (χ1n) is 9.44. The molecule has 1 fully saturated rings. The maximum Gasteiger partial charge on any atom is 0.240 e. The summed E-state index contributed by atoms with van der Waals surface area (Å²) in [7, 11) is 2.09. The molecule has 5 nitrogen and oxygen atoms in total. The molecule has 1 aliphatic heterocycles. The van der Waals surface area contributed by atoms with Gasteiger partial charge >= 0.3 is 0 Å². The van der Waals surface area contributed by atoms with Gasteiger partial charge < -0.3 is 9.42 Å². The zero-order valence-corrected chi connectivity index (χ0v) is 15.7. The first kappa shape index (κ1) is 17.9. The minimum absolute atomic E-state index is 0.543. The van der Waals surface area contributed by atoms with Gasteiger partial charge in [-0.3, -0.25) is 4.90 Å². The molecule has 2 aromatic rings. The van der Waals surface area contributed by atoms with Crippen molar-refractivity contribution in [1.29, 1.82) is 0 Å². The van der Waals surface area contributed by atoms with Gasteiger partial charge in [0.1, 0.15) is 0 Å². The summed E-state index contributed by atoms with van der Waals surface area (Å²) in [6, 6.07) is 8.97. The summed E-state index contributed by atoms with van der Waals surface area (Å²) in [5, 5.41) is 4.06. The average Bonchev–Trinajstić information content (AvgIpc) is 3.02. The Morgan fingerprint density at radius 2 is 1.80 bits per heavy atom. The highest BCUT2D eigenvalue weighted by molar-refractivity contribution is 5.47. The van der Waals surface area contributed by atoms with Gasteiger partial charge in [-0.05, 0) is 49.9 Å². The van der Waals surface area contributed by atoms with Crippen molar-refractivity contribution in [2.45, 2.75) is 52.6 Å². The number of piperidine rings is 1. The van der Waals surface area contributed by atoms with Gasteiger partial charge in [-0.25, -0.2) is 0 Å². The van der Waals surface area contributed by atoms with E-state index in [-0.39, 0.29) is 0 Å². The monoisotopic (exact) mass is 342 g/mol.